The van der Waals surface area contributed by atoms with Crippen molar-refractivity contribution in [3.8, 4) is 0 Å². The lowest BCUT2D eigenvalue weighted by molar-refractivity contribution is -0.365. The molecule has 18 nitrogen and oxygen atoms in total. The molecule has 0 aromatic carbocycles. The van der Waals surface area contributed by atoms with E-state index >= 15 is 0 Å². The molecule has 18 heteroatoms. The van der Waals surface area contributed by atoms with Gasteiger partial charge in [0.2, 0.25) is 0 Å². The van der Waals surface area contributed by atoms with Gasteiger partial charge in [-0.1, -0.05) is 34.6 Å². The van der Waals surface area contributed by atoms with Gasteiger partial charge in [0.05, 0.1) is 78.7 Å². The number of carboxylic acids is 1. The van der Waals surface area contributed by atoms with E-state index in [1.165, 1.54) is 14.2 Å². The Kier molecular flexibility index (Phi) is 16.3. The zero-order valence-electron chi connectivity index (χ0n) is 41.1. The van der Waals surface area contributed by atoms with Gasteiger partial charge < -0.3 is 83.4 Å². The Morgan fingerprint density at radius 2 is 1.45 bits per heavy atom. The van der Waals surface area contributed by atoms with E-state index < -0.39 is 114 Å². The quantitative estimate of drug-likeness (QED) is 0.171. The third-order valence-electron chi connectivity index (χ3n) is 16.7. The van der Waals surface area contributed by atoms with Gasteiger partial charge in [-0.3, -0.25) is 4.79 Å². The Labute approximate surface area is 385 Å². The number of carbonyl (C=O) groups is 1. The topological polar surface area (TPSA) is 244 Å². The van der Waals surface area contributed by atoms with Crippen molar-refractivity contribution < 1.29 is 82.1 Å². The molecule has 65 heavy (non-hydrogen) atoms. The van der Waals surface area contributed by atoms with Crippen molar-refractivity contribution in [2.24, 2.45) is 29.6 Å². The summed E-state index contributed by atoms with van der Waals surface area (Å²) in [5.74, 6) is -7.22. The zero-order chi connectivity index (χ0) is 46.9. The maximum Gasteiger partial charge on any atom is 0.308 e. The van der Waals surface area contributed by atoms with Gasteiger partial charge in [-0.05, 0) is 59.3 Å². The molecular formula is C47H83NO17. The van der Waals surface area contributed by atoms with Gasteiger partial charge in [0, 0.05) is 77.8 Å². The largest absolute Gasteiger partial charge is 0.481 e. The molecule has 7 N–H and O–H groups in total. The highest BCUT2D eigenvalue weighted by atomic mass is 16.7. The fourth-order valence-corrected chi connectivity index (χ4v) is 12.6. The van der Waals surface area contributed by atoms with Gasteiger partial charge in [0.15, 0.2) is 23.7 Å². The van der Waals surface area contributed by atoms with Gasteiger partial charge in [-0.15, -0.1) is 0 Å². The molecule has 7 rings (SSSR count). The van der Waals surface area contributed by atoms with Gasteiger partial charge in [0.25, 0.3) is 0 Å². The number of hydrogen-bond donors (Lipinski definition) is 5. The fraction of sp³-hybridized carbons (Fsp3) is 0.979. The van der Waals surface area contributed by atoms with Gasteiger partial charge in [-0.25, -0.2) is 0 Å². The standard InChI is InChI=1S/C47H80O17.H3N/c1-23-18-24(2)45(9,51)61-35(23)31-20-32(59-42-39(55-12)30(53-10)19-25(3)57-42)41(58-31)44(8)15-14-33(60-44)43(7)16-17-46(64-43)21-29(48)26(4)36(62-46)27(5)37-40(56-13)38(54-11)28(6)47(52,63-37)22-34(49)50;/h23-33,35-42,48,51-52H,14-22H2,1-13H3,(H,49,50);1H3. The molecule has 0 amide bonds. The molecule has 7 heterocycles. The number of methoxy groups -OCH3 is 4. The maximum absolute atomic E-state index is 11.9. The van der Waals surface area contributed by atoms with Gasteiger partial charge in [-0.2, -0.15) is 0 Å². The van der Waals surface area contributed by atoms with E-state index in [0.717, 1.165) is 6.42 Å². The Morgan fingerprint density at radius 3 is 2.08 bits per heavy atom. The van der Waals surface area contributed by atoms with Crippen LogP contribution >= 0.6 is 0 Å². The first-order chi connectivity index (χ1) is 30.0. The molecule has 0 aliphatic carbocycles. The van der Waals surface area contributed by atoms with Crippen LogP contribution in [0.1, 0.15) is 120 Å². The monoisotopic (exact) mass is 934 g/mol. The van der Waals surface area contributed by atoms with Crippen molar-refractivity contribution >= 4 is 5.97 Å². The summed E-state index contributed by atoms with van der Waals surface area (Å²) < 4.78 is 77.9. The summed E-state index contributed by atoms with van der Waals surface area (Å²) in [6.07, 6.45) is -3.41. The van der Waals surface area contributed by atoms with Crippen molar-refractivity contribution in [1.82, 2.24) is 6.15 Å². The fourth-order valence-electron chi connectivity index (χ4n) is 12.6. The van der Waals surface area contributed by atoms with E-state index in [0.29, 0.717) is 38.5 Å². The second-order valence-corrected chi connectivity index (χ2v) is 21.3. The third kappa shape index (κ3) is 10.1. The summed E-state index contributed by atoms with van der Waals surface area (Å²) in [5.41, 5.74) is -1.63. The highest BCUT2D eigenvalue weighted by Gasteiger charge is 2.64. The smallest absolute Gasteiger partial charge is 0.308 e. The molecule has 24 atom stereocenters. The Balaban J connectivity index is 0.00000700. The lowest BCUT2D eigenvalue weighted by atomic mass is 9.75. The number of aliphatic hydroxyl groups is 3. The van der Waals surface area contributed by atoms with E-state index in [1.54, 1.807) is 28.1 Å². The van der Waals surface area contributed by atoms with Crippen LogP contribution in [0.3, 0.4) is 0 Å². The van der Waals surface area contributed by atoms with E-state index in [-0.39, 0.29) is 54.7 Å². The van der Waals surface area contributed by atoms with E-state index in [4.69, 9.17) is 56.8 Å². The minimum atomic E-state index is -2.03. The molecule has 0 aromatic rings. The summed E-state index contributed by atoms with van der Waals surface area (Å²) in [6, 6.07) is 0. The first kappa shape index (κ1) is 53.2. The van der Waals surface area contributed by atoms with E-state index in [9.17, 15) is 25.2 Å². The van der Waals surface area contributed by atoms with Crippen molar-refractivity contribution in [2.45, 2.75) is 234 Å². The average Bonchev–Trinajstić information content (AvgIpc) is 3.94. The second kappa shape index (κ2) is 19.9. The lowest BCUT2D eigenvalue weighted by Gasteiger charge is -2.53. The molecule has 1 spiro atoms. The van der Waals surface area contributed by atoms with Crippen LogP contribution in [0.25, 0.3) is 0 Å². The number of aliphatic carboxylic acids is 1. The van der Waals surface area contributed by atoms with Crippen molar-refractivity contribution in [3.63, 3.8) is 0 Å². The molecule has 378 valence electrons. The molecule has 0 bridgehead atoms. The predicted molar refractivity (Wildman–Crippen MR) is 233 cm³/mol. The maximum atomic E-state index is 11.9. The normalized spacial score (nSPS) is 53.2. The molecule has 7 aliphatic heterocycles. The molecule has 0 radical (unpaired) electrons. The average molecular weight is 934 g/mol. The van der Waals surface area contributed by atoms with Gasteiger partial charge in [0.1, 0.15) is 18.3 Å². The molecule has 7 aliphatic rings. The van der Waals surface area contributed by atoms with E-state index in [2.05, 4.69) is 13.8 Å². The molecule has 24 unspecified atom stereocenters. The lowest BCUT2D eigenvalue weighted by Crippen LogP contribution is -2.65. The molecule has 0 aromatic heterocycles. The Hall–Kier alpha value is -1.17. The van der Waals surface area contributed by atoms with Crippen LogP contribution in [0.5, 0.6) is 0 Å². The van der Waals surface area contributed by atoms with E-state index in [1.807, 2.05) is 34.6 Å². The van der Waals surface area contributed by atoms with Crippen LogP contribution in [-0.2, 0) is 61.6 Å². The van der Waals surface area contributed by atoms with Crippen molar-refractivity contribution in [3.05, 3.63) is 0 Å². The zero-order valence-corrected chi connectivity index (χ0v) is 41.1. The summed E-state index contributed by atoms with van der Waals surface area (Å²) in [6.45, 7) is 17.5. The number of rotatable bonds is 13. The summed E-state index contributed by atoms with van der Waals surface area (Å²) in [4.78, 5) is 11.9. The van der Waals surface area contributed by atoms with Crippen LogP contribution in [0.2, 0.25) is 0 Å². The van der Waals surface area contributed by atoms with Crippen molar-refractivity contribution in [2.75, 3.05) is 28.4 Å². The molecule has 0 saturated carbocycles. The highest BCUT2D eigenvalue weighted by Crippen LogP contribution is 2.55. The summed E-state index contributed by atoms with van der Waals surface area (Å²) in [7, 11) is 6.35. The second-order valence-electron chi connectivity index (χ2n) is 21.3. The number of ether oxygens (including phenoxy) is 12. The summed E-state index contributed by atoms with van der Waals surface area (Å²) in [5, 5.41) is 44.4. The highest BCUT2D eigenvalue weighted by molar-refractivity contribution is 5.68. The van der Waals surface area contributed by atoms with Crippen LogP contribution in [0.15, 0.2) is 0 Å². The summed E-state index contributed by atoms with van der Waals surface area (Å²) >= 11 is 0. The first-order valence-electron chi connectivity index (χ1n) is 23.8. The number of hydrogen-bond acceptors (Lipinski definition) is 17. The van der Waals surface area contributed by atoms with Crippen LogP contribution in [-0.4, -0.2) is 169 Å². The van der Waals surface area contributed by atoms with Crippen LogP contribution in [0.4, 0.5) is 0 Å². The van der Waals surface area contributed by atoms with Crippen molar-refractivity contribution in [1.29, 1.82) is 0 Å². The number of carboxylic acid groups (broad SMARTS) is 1. The molecular weight excluding hydrogens is 851 g/mol. The van der Waals surface area contributed by atoms with Crippen LogP contribution < -0.4 is 6.15 Å². The minimum Gasteiger partial charge on any atom is -0.481 e. The van der Waals surface area contributed by atoms with Gasteiger partial charge >= 0.3 is 5.97 Å². The third-order valence-corrected chi connectivity index (χ3v) is 16.7. The SMILES string of the molecule is COC1CC(C)OC(OC2CC(C3OC(C)(O)C(C)CC3C)OC2C2(C)CCC(C3(C)CCC4(CC(O)C(C)C(C(C)C5OC(O)(CC(=O)O)C(C)C(OC)C5OC)O4)O3)O2)C1OC.N. The Morgan fingerprint density at radius 1 is 0.769 bits per heavy atom. The minimum absolute atomic E-state index is 0. The first-order valence-corrected chi connectivity index (χ1v) is 23.8. The molecule has 7 saturated heterocycles. The van der Waals surface area contributed by atoms with Crippen LogP contribution in [0, 0.1) is 29.6 Å². The predicted octanol–water partition coefficient (Wildman–Crippen LogP) is 4.48. The molecule has 7 fully saturated rings. The number of aliphatic hydroxyl groups excluding tert-OH is 1. The Bertz CT molecular complexity index is 1610.